The average Bonchev–Trinajstić information content (AvgIpc) is 2.33. The number of carbonyl (C=O) groups is 1. The minimum Gasteiger partial charge on any atom is -0.393 e. The summed E-state index contributed by atoms with van der Waals surface area (Å²) in [6.07, 6.45) is 0.635. The first-order chi connectivity index (χ1) is 8.51. The number of nitrogens with two attached hydrogens (primary N) is 1. The van der Waals surface area contributed by atoms with Crippen molar-refractivity contribution < 1.29 is 4.79 Å². The maximum atomic E-state index is 12.4. The van der Waals surface area contributed by atoms with Crippen molar-refractivity contribution in [3.8, 4) is 0 Å². The molecular weight excluding hydrogens is 244 g/mol. The summed E-state index contributed by atoms with van der Waals surface area (Å²) in [4.78, 5) is 14.4. The standard InChI is InChI=1S/C14H20N2OS/c1-4-12(13(15)18)14(17)16(5-2)11-8-6-10(3)7-9-11/h6-9,12H,4-5H2,1-3H3,(H2,15,18). The Morgan fingerprint density at radius 2 is 1.89 bits per heavy atom. The first kappa shape index (κ1) is 14.6. The van der Waals surface area contributed by atoms with Gasteiger partial charge in [0.25, 0.3) is 0 Å². The molecule has 3 nitrogen and oxygen atoms in total. The third-order valence-electron chi connectivity index (χ3n) is 2.98. The van der Waals surface area contributed by atoms with Crippen LogP contribution in [0.4, 0.5) is 5.69 Å². The van der Waals surface area contributed by atoms with Crippen molar-refractivity contribution in [2.75, 3.05) is 11.4 Å². The topological polar surface area (TPSA) is 46.3 Å². The molecule has 0 fully saturated rings. The molecule has 1 unspecified atom stereocenters. The lowest BCUT2D eigenvalue weighted by molar-refractivity contribution is -0.120. The number of hydrogen-bond donors (Lipinski definition) is 1. The van der Waals surface area contributed by atoms with Crippen LogP contribution in [0.3, 0.4) is 0 Å². The summed E-state index contributed by atoms with van der Waals surface area (Å²) in [6, 6.07) is 7.88. The molecule has 0 spiro atoms. The molecule has 4 heteroatoms. The molecule has 1 aromatic carbocycles. The van der Waals surface area contributed by atoms with Gasteiger partial charge in [-0.25, -0.2) is 0 Å². The van der Waals surface area contributed by atoms with Crippen molar-refractivity contribution >= 4 is 28.8 Å². The Labute approximate surface area is 114 Å². The largest absolute Gasteiger partial charge is 0.393 e. The zero-order valence-corrected chi connectivity index (χ0v) is 12.0. The third-order valence-corrected chi connectivity index (χ3v) is 3.26. The van der Waals surface area contributed by atoms with Gasteiger partial charge in [-0.05, 0) is 32.4 Å². The lowest BCUT2D eigenvalue weighted by atomic mass is 10.0. The van der Waals surface area contributed by atoms with Crippen LogP contribution in [0.1, 0.15) is 25.8 Å². The number of benzene rings is 1. The van der Waals surface area contributed by atoms with Crippen LogP contribution in [0.25, 0.3) is 0 Å². The fraction of sp³-hybridized carbons (Fsp3) is 0.429. The minimum atomic E-state index is -0.374. The summed E-state index contributed by atoms with van der Waals surface area (Å²) in [5, 5.41) is 0. The molecule has 1 rings (SSSR count). The second-order valence-corrected chi connectivity index (χ2v) is 4.75. The van der Waals surface area contributed by atoms with E-state index in [-0.39, 0.29) is 16.8 Å². The molecule has 0 saturated carbocycles. The minimum absolute atomic E-state index is 0.0173. The molecule has 0 bridgehead atoms. The highest BCUT2D eigenvalue weighted by molar-refractivity contribution is 7.80. The smallest absolute Gasteiger partial charge is 0.236 e. The molecule has 1 atom stereocenters. The first-order valence-corrected chi connectivity index (χ1v) is 6.59. The van der Waals surface area contributed by atoms with Crippen molar-refractivity contribution in [2.45, 2.75) is 27.2 Å². The van der Waals surface area contributed by atoms with Crippen LogP contribution in [0.15, 0.2) is 24.3 Å². The van der Waals surface area contributed by atoms with Crippen molar-refractivity contribution in [3.63, 3.8) is 0 Å². The van der Waals surface area contributed by atoms with E-state index in [9.17, 15) is 4.79 Å². The van der Waals surface area contributed by atoms with Gasteiger partial charge in [0.1, 0.15) is 0 Å². The Morgan fingerprint density at radius 3 is 2.28 bits per heavy atom. The highest BCUT2D eigenvalue weighted by atomic mass is 32.1. The van der Waals surface area contributed by atoms with E-state index in [2.05, 4.69) is 0 Å². The first-order valence-electron chi connectivity index (χ1n) is 6.18. The summed E-state index contributed by atoms with van der Waals surface area (Å²) in [6.45, 7) is 6.50. The van der Waals surface area contributed by atoms with Crippen LogP contribution in [-0.4, -0.2) is 17.4 Å². The number of thiocarbonyl (C=S) groups is 1. The Hall–Kier alpha value is -1.42. The number of hydrogen-bond acceptors (Lipinski definition) is 2. The summed E-state index contributed by atoms with van der Waals surface area (Å²) in [5.41, 5.74) is 7.69. The number of amides is 1. The van der Waals surface area contributed by atoms with E-state index in [1.165, 1.54) is 5.56 Å². The van der Waals surface area contributed by atoms with E-state index in [0.29, 0.717) is 13.0 Å². The Morgan fingerprint density at radius 1 is 1.33 bits per heavy atom. The van der Waals surface area contributed by atoms with Gasteiger partial charge in [0.05, 0.1) is 10.9 Å². The van der Waals surface area contributed by atoms with Gasteiger partial charge in [-0.15, -0.1) is 0 Å². The molecule has 0 aliphatic rings. The molecule has 0 aliphatic carbocycles. The van der Waals surface area contributed by atoms with E-state index in [1.807, 2.05) is 45.0 Å². The SMILES string of the molecule is CCC(C(=O)N(CC)c1ccc(C)cc1)C(N)=S. The molecule has 1 amide bonds. The van der Waals surface area contributed by atoms with Crippen LogP contribution in [0, 0.1) is 12.8 Å². The molecule has 18 heavy (non-hydrogen) atoms. The molecule has 0 aromatic heterocycles. The van der Waals surface area contributed by atoms with E-state index < -0.39 is 0 Å². The molecule has 0 heterocycles. The van der Waals surface area contributed by atoms with Gasteiger partial charge in [0, 0.05) is 12.2 Å². The number of carbonyl (C=O) groups excluding carboxylic acids is 1. The van der Waals surface area contributed by atoms with E-state index in [1.54, 1.807) is 4.90 Å². The number of rotatable bonds is 5. The van der Waals surface area contributed by atoms with Gasteiger partial charge < -0.3 is 10.6 Å². The van der Waals surface area contributed by atoms with Crippen LogP contribution < -0.4 is 10.6 Å². The lowest BCUT2D eigenvalue weighted by Crippen LogP contribution is -2.41. The predicted octanol–water partition coefficient (Wildman–Crippen LogP) is 2.66. The lowest BCUT2D eigenvalue weighted by Gasteiger charge is -2.25. The highest BCUT2D eigenvalue weighted by Gasteiger charge is 2.25. The molecule has 1 aromatic rings. The van der Waals surface area contributed by atoms with E-state index >= 15 is 0 Å². The van der Waals surface area contributed by atoms with Crippen molar-refractivity contribution in [1.29, 1.82) is 0 Å². The molecule has 98 valence electrons. The maximum absolute atomic E-state index is 12.4. The van der Waals surface area contributed by atoms with Gasteiger partial charge >= 0.3 is 0 Å². The second kappa shape index (κ2) is 6.50. The van der Waals surface area contributed by atoms with E-state index in [0.717, 1.165) is 5.69 Å². The highest BCUT2D eigenvalue weighted by Crippen LogP contribution is 2.19. The fourth-order valence-corrected chi connectivity index (χ4v) is 2.14. The summed E-state index contributed by atoms with van der Waals surface area (Å²) in [7, 11) is 0. The van der Waals surface area contributed by atoms with E-state index in [4.69, 9.17) is 18.0 Å². The third kappa shape index (κ3) is 3.29. The average molecular weight is 264 g/mol. The number of aryl methyl sites for hydroxylation is 1. The summed E-state index contributed by atoms with van der Waals surface area (Å²) >= 11 is 4.96. The van der Waals surface area contributed by atoms with Crippen molar-refractivity contribution in [1.82, 2.24) is 0 Å². The van der Waals surface area contributed by atoms with Crippen LogP contribution in [0.2, 0.25) is 0 Å². The van der Waals surface area contributed by atoms with Gasteiger partial charge in [0.2, 0.25) is 5.91 Å². The van der Waals surface area contributed by atoms with Gasteiger partial charge in [0.15, 0.2) is 0 Å². The molecule has 0 aliphatic heterocycles. The van der Waals surface area contributed by atoms with Crippen LogP contribution in [-0.2, 0) is 4.79 Å². The Bertz CT molecular complexity index is 428. The molecule has 2 N–H and O–H groups in total. The van der Waals surface area contributed by atoms with Crippen LogP contribution >= 0.6 is 12.2 Å². The van der Waals surface area contributed by atoms with Crippen molar-refractivity contribution in [3.05, 3.63) is 29.8 Å². The monoisotopic (exact) mass is 264 g/mol. The normalized spacial score (nSPS) is 11.9. The second-order valence-electron chi connectivity index (χ2n) is 4.28. The quantitative estimate of drug-likeness (QED) is 0.832. The number of anilines is 1. The van der Waals surface area contributed by atoms with Crippen molar-refractivity contribution in [2.24, 2.45) is 11.7 Å². The molecule has 0 radical (unpaired) electrons. The molecular formula is C14H20N2OS. The fourth-order valence-electron chi connectivity index (χ4n) is 1.88. The number of nitrogens with zero attached hydrogens (tertiary/aromatic N) is 1. The summed E-state index contributed by atoms with van der Waals surface area (Å²) in [5.74, 6) is -0.391. The van der Waals surface area contributed by atoms with Crippen LogP contribution in [0.5, 0.6) is 0 Å². The Kier molecular flexibility index (Phi) is 5.28. The summed E-state index contributed by atoms with van der Waals surface area (Å²) < 4.78 is 0. The van der Waals surface area contributed by atoms with Gasteiger partial charge in [-0.3, -0.25) is 4.79 Å². The van der Waals surface area contributed by atoms with Gasteiger partial charge in [-0.2, -0.15) is 0 Å². The maximum Gasteiger partial charge on any atom is 0.236 e. The zero-order valence-electron chi connectivity index (χ0n) is 11.1. The zero-order chi connectivity index (χ0) is 13.7. The van der Waals surface area contributed by atoms with Gasteiger partial charge in [-0.1, -0.05) is 36.8 Å². The molecule has 0 saturated heterocycles. The Balaban J connectivity index is 2.99. The predicted molar refractivity (Wildman–Crippen MR) is 79.8 cm³/mol.